The largest absolute Gasteiger partial charge is 0.376 e. The molecule has 2 aromatic heterocycles. The maximum absolute atomic E-state index is 12.7. The molecule has 0 bridgehead atoms. The molecule has 0 spiro atoms. The molecule has 1 fully saturated rings. The van der Waals surface area contributed by atoms with E-state index in [-0.39, 0.29) is 17.9 Å². The Morgan fingerprint density at radius 1 is 1.38 bits per heavy atom. The summed E-state index contributed by atoms with van der Waals surface area (Å²) in [6, 6.07) is 0. The first-order chi connectivity index (χ1) is 11.5. The van der Waals surface area contributed by atoms with Crippen molar-refractivity contribution in [1.29, 1.82) is 0 Å². The molecule has 1 amide bonds. The lowest BCUT2D eigenvalue weighted by Crippen LogP contribution is -2.37. The molecule has 0 saturated carbocycles. The van der Waals surface area contributed by atoms with Crippen LogP contribution < -0.4 is 0 Å². The predicted molar refractivity (Wildman–Crippen MR) is 86.7 cm³/mol. The summed E-state index contributed by atoms with van der Waals surface area (Å²) < 4.78 is 5.82. The van der Waals surface area contributed by atoms with Crippen LogP contribution in [0, 0.1) is 20.8 Å². The monoisotopic (exact) mass is 330 g/mol. The zero-order chi connectivity index (χ0) is 17.3. The average Bonchev–Trinajstić information content (AvgIpc) is 3.15. The molecule has 2 aromatic rings. The smallest absolute Gasteiger partial charge is 0.257 e. The van der Waals surface area contributed by atoms with Crippen LogP contribution in [0.25, 0.3) is 0 Å². The number of rotatable bonds is 4. The van der Waals surface area contributed by atoms with Crippen molar-refractivity contribution in [3.8, 4) is 0 Å². The molecule has 24 heavy (non-hydrogen) atoms. The summed E-state index contributed by atoms with van der Waals surface area (Å²) in [5, 5.41) is 7.11. The van der Waals surface area contributed by atoms with Crippen molar-refractivity contribution in [3.05, 3.63) is 34.9 Å². The maximum Gasteiger partial charge on any atom is 0.257 e. The number of nitrogens with one attached hydrogen (secondary N) is 1. The molecule has 0 unspecified atom stereocenters. The summed E-state index contributed by atoms with van der Waals surface area (Å²) >= 11 is 0. The third-order valence-electron chi connectivity index (χ3n) is 4.29. The Kier molecular flexibility index (Phi) is 4.57. The molecular weight excluding hydrogens is 308 g/mol. The van der Waals surface area contributed by atoms with Crippen molar-refractivity contribution in [2.75, 3.05) is 20.2 Å². The molecule has 8 nitrogen and oxygen atoms in total. The number of carbonyl (C=O) groups is 1. The minimum atomic E-state index is -0.110. The van der Waals surface area contributed by atoms with Crippen molar-refractivity contribution in [2.45, 2.75) is 39.2 Å². The number of H-pyrrole nitrogens is 1. The van der Waals surface area contributed by atoms with Crippen LogP contribution in [0.5, 0.6) is 0 Å². The first-order valence-electron chi connectivity index (χ1n) is 8.02. The zero-order valence-electron chi connectivity index (χ0n) is 14.4. The van der Waals surface area contributed by atoms with E-state index >= 15 is 0 Å². The van der Waals surface area contributed by atoms with E-state index in [9.17, 15) is 4.79 Å². The Morgan fingerprint density at radius 2 is 2.17 bits per heavy atom. The highest BCUT2D eigenvalue weighted by molar-refractivity contribution is 5.94. The molecule has 2 atom stereocenters. The average molecular weight is 330 g/mol. The highest BCUT2D eigenvalue weighted by atomic mass is 16.5. The van der Waals surface area contributed by atoms with Gasteiger partial charge in [0.25, 0.3) is 5.91 Å². The highest BCUT2D eigenvalue weighted by Gasteiger charge is 2.34. The van der Waals surface area contributed by atoms with E-state index in [1.165, 1.54) is 0 Å². The van der Waals surface area contributed by atoms with E-state index in [4.69, 9.17) is 4.74 Å². The molecular formula is C16H22N6O2. The molecule has 1 aliphatic heterocycles. The number of aryl methyl sites for hydroxylation is 3. The SMILES string of the molecule is Cc1ncc(C(=O)N(C)C[C@H]2OCC[C@H]2c2n[nH]c(C)n2)c(C)n1. The fourth-order valence-corrected chi connectivity index (χ4v) is 3.00. The third kappa shape index (κ3) is 3.28. The van der Waals surface area contributed by atoms with Gasteiger partial charge in [0.2, 0.25) is 0 Å². The molecule has 3 heterocycles. The van der Waals surface area contributed by atoms with Gasteiger partial charge in [-0.25, -0.2) is 15.0 Å². The van der Waals surface area contributed by atoms with Crippen LogP contribution in [-0.4, -0.2) is 62.3 Å². The zero-order valence-corrected chi connectivity index (χ0v) is 14.4. The third-order valence-corrected chi connectivity index (χ3v) is 4.29. The lowest BCUT2D eigenvalue weighted by molar-refractivity contribution is 0.0549. The Bertz CT molecular complexity index is 744. The van der Waals surface area contributed by atoms with Gasteiger partial charge in [-0.3, -0.25) is 9.89 Å². The van der Waals surface area contributed by atoms with Crippen molar-refractivity contribution in [1.82, 2.24) is 30.0 Å². The number of hydrogen-bond donors (Lipinski definition) is 1. The first kappa shape index (κ1) is 16.5. The van der Waals surface area contributed by atoms with Gasteiger partial charge >= 0.3 is 0 Å². The fourth-order valence-electron chi connectivity index (χ4n) is 3.00. The van der Waals surface area contributed by atoms with Crippen molar-refractivity contribution in [3.63, 3.8) is 0 Å². The minimum absolute atomic E-state index is 0.0977. The summed E-state index contributed by atoms with van der Waals surface area (Å²) in [4.78, 5) is 27.1. The van der Waals surface area contributed by atoms with Crippen LogP contribution >= 0.6 is 0 Å². The van der Waals surface area contributed by atoms with Gasteiger partial charge in [0.05, 0.1) is 23.3 Å². The number of likely N-dealkylation sites (N-methyl/N-ethyl adjacent to an activating group) is 1. The topological polar surface area (TPSA) is 96.9 Å². The normalized spacial score (nSPS) is 20.3. The van der Waals surface area contributed by atoms with Crippen LogP contribution in [-0.2, 0) is 4.74 Å². The number of aromatic nitrogens is 5. The lowest BCUT2D eigenvalue weighted by atomic mass is 10.00. The van der Waals surface area contributed by atoms with Gasteiger partial charge in [-0.2, -0.15) is 5.10 Å². The van der Waals surface area contributed by atoms with Gasteiger partial charge < -0.3 is 9.64 Å². The molecule has 0 radical (unpaired) electrons. The standard InChI is InChI=1S/C16H22N6O2/c1-9-13(7-17-10(2)18-9)16(23)22(4)8-14-12(5-6-24-14)15-19-11(3)20-21-15/h7,12,14H,5-6,8H2,1-4H3,(H,19,20,21)/t12-,14-/m1/s1. The van der Waals surface area contributed by atoms with Gasteiger partial charge in [-0.15, -0.1) is 0 Å². The van der Waals surface area contributed by atoms with Gasteiger partial charge in [-0.05, 0) is 27.2 Å². The number of amides is 1. The van der Waals surface area contributed by atoms with Crippen LogP contribution in [0.4, 0.5) is 0 Å². The molecule has 3 rings (SSSR count). The van der Waals surface area contributed by atoms with E-state index in [0.717, 1.165) is 18.1 Å². The van der Waals surface area contributed by atoms with Crippen LogP contribution in [0.3, 0.4) is 0 Å². The Labute approximate surface area is 140 Å². The second-order valence-corrected chi connectivity index (χ2v) is 6.19. The number of aromatic amines is 1. The van der Waals surface area contributed by atoms with E-state index in [2.05, 4.69) is 25.1 Å². The number of hydrogen-bond acceptors (Lipinski definition) is 6. The summed E-state index contributed by atoms with van der Waals surface area (Å²) in [6.07, 6.45) is 2.33. The van der Waals surface area contributed by atoms with Crippen molar-refractivity contribution >= 4 is 5.91 Å². The molecule has 1 aliphatic rings. The Balaban J connectivity index is 1.71. The van der Waals surface area contributed by atoms with Gasteiger partial charge in [0.1, 0.15) is 11.6 Å². The summed E-state index contributed by atoms with van der Waals surface area (Å²) in [5.74, 6) is 2.19. The Morgan fingerprint density at radius 3 is 2.83 bits per heavy atom. The van der Waals surface area contributed by atoms with Crippen LogP contribution in [0.15, 0.2) is 6.20 Å². The van der Waals surface area contributed by atoms with Gasteiger partial charge in [-0.1, -0.05) is 0 Å². The van der Waals surface area contributed by atoms with E-state index < -0.39 is 0 Å². The minimum Gasteiger partial charge on any atom is -0.376 e. The Hall–Kier alpha value is -2.35. The van der Waals surface area contributed by atoms with Gasteiger partial charge in [0, 0.05) is 26.4 Å². The van der Waals surface area contributed by atoms with E-state index in [0.29, 0.717) is 30.2 Å². The van der Waals surface area contributed by atoms with Crippen molar-refractivity contribution < 1.29 is 9.53 Å². The number of nitrogens with zero attached hydrogens (tertiary/aromatic N) is 5. The second kappa shape index (κ2) is 6.64. The van der Waals surface area contributed by atoms with Gasteiger partial charge in [0.15, 0.2) is 5.82 Å². The highest BCUT2D eigenvalue weighted by Crippen LogP contribution is 2.29. The predicted octanol–water partition coefficient (Wildman–Crippen LogP) is 1.16. The molecule has 128 valence electrons. The summed E-state index contributed by atoms with van der Waals surface area (Å²) in [7, 11) is 1.77. The van der Waals surface area contributed by atoms with E-state index in [1.54, 1.807) is 25.1 Å². The quantitative estimate of drug-likeness (QED) is 0.904. The number of ether oxygens (including phenoxy) is 1. The van der Waals surface area contributed by atoms with Crippen LogP contribution in [0.2, 0.25) is 0 Å². The lowest BCUT2D eigenvalue weighted by Gasteiger charge is -2.24. The molecule has 0 aromatic carbocycles. The molecule has 1 N–H and O–H groups in total. The maximum atomic E-state index is 12.7. The fraction of sp³-hybridized carbons (Fsp3) is 0.562. The first-order valence-corrected chi connectivity index (χ1v) is 8.02. The van der Waals surface area contributed by atoms with E-state index in [1.807, 2.05) is 13.8 Å². The second-order valence-electron chi connectivity index (χ2n) is 6.19. The van der Waals surface area contributed by atoms with Crippen LogP contribution in [0.1, 0.15) is 45.9 Å². The molecule has 8 heteroatoms. The molecule has 1 saturated heterocycles. The van der Waals surface area contributed by atoms with Crippen molar-refractivity contribution in [2.24, 2.45) is 0 Å². The summed E-state index contributed by atoms with van der Waals surface area (Å²) in [5.41, 5.74) is 1.21. The molecule has 0 aliphatic carbocycles. The summed E-state index contributed by atoms with van der Waals surface area (Å²) in [6.45, 7) is 6.63. The number of carbonyl (C=O) groups excluding carboxylic acids is 1.